The van der Waals surface area contributed by atoms with E-state index >= 15 is 0 Å². The average Bonchev–Trinajstić information content (AvgIpc) is 2.27. The molecule has 1 fully saturated rings. The second-order valence-corrected chi connectivity index (χ2v) is 7.59. The van der Waals surface area contributed by atoms with Crippen molar-refractivity contribution in [1.82, 2.24) is 9.62 Å². The molecule has 1 aliphatic carbocycles. The average molecular weight is 292 g/mol. The van der Waals surface area contributed by atoms with Crippen molar-refractivity contribution in [3.8, 4) is 0 Å². The lowest BCUT2D eigenvalue weighted by Gasteiger charge is -2.36. The van der Waals surface area contributed by atoms with E-state index in [1.165, 1.54) is 0 Å². The van der Waals surface area contributed by atoms with E-state index in [1.807, 2.05) is 0 Å². The molecule has 1 rings (SSSR count). The highest BCUT2D eigenvalue weighted by Crippen LogP contribution is 2.27. The molecule has 1 saturated carbocycles. The summed E-state index contributed by atoms with van der Waals surface area (Å²) in [5.41, 5.74) is 0. The molecule has 5 nitrogen and oxygen atoms in total. The molecule has 0 saturated heterocycles. The van der Waals surface area contributed by atoms with Crippen LogP contribution in [0.15, 0.2) is 0 Å². The van der Waals surface area contributed by atoms with Crippen molar-refractivity contribution < 1.29 is 13.5 Å². The molecule has 19 heavy (non-hydrogen) atoms. The Labute approximate surface area is 117 Å². The van der Waals surface area contributed by atoms with Gasteiger partial charge in [-0.25, -0.2) is 8.42 Å². The van der Waals surface area contributed by atoms with Crippen LogP contribution in [0.2, 0.25) is 0 Å². The predicted octanol–water partition coefficient (Wildman–Crippen LogP) is 0.941. The van der Waals surface area contributed by atoms with Crippen molar-refractivity contribution in [3.63, 3.8) is 0 Å². The van der Waals surface area contributed by atoms with Crippen LogP contribution >= 0.6 is 0 Å². The molecule has 0 aromatic heterocycles. The van der Waals surface area contributed by atoms with E-state index in [0.29, 0.717) is 25.4 Å². The van der Waals surface area contributed by atoms with Gasteiger partial charge in [-0.3, -0.25) is 0 Å². The number of aliphatic hydroxyl groups excluding tert-OH is 1. The van der Waals surface area contributed by atoms with E-state index in [-0.39, 0.29) is 18.4 Å². The number of hydrogen-bond acceptors (Lipinski definition) is 4. The Morgan fingerprint density at radius 3 is 2.47 bits per heavy atom. The maximum absolute atomic E-state index is 12.3. The van der Waals surface area contributed by atoms with E-state index < -0.39 is 10.0 Å². The summed E-state index contributed by atoms with van der Waals surface area (Å²) in [4.78, 5) is 0. The first kappa shape index (κ1) is 16.9. The standard InChI is InChI=1S/C13H28N2O3S/c1-12(2)14-8-4-11-19(17,18)15(9-5-10-16)13-6-3-7-13/h12-14,16H,3-11H2,1-2H3. The van der Waals surface area contributed by atoms with Crippen LogP contribution in [0.3, 0.4) is 0 Å². The van der Waals surface area contributed by atoms with Crippen molar-refractivity contribution >= 4 is 10.0 Å². The zero-order chi connectivity index (χ0) is 14.3. The second-order valence-electron chi connectivity index (χ2n) is 5.55. The zero-order valence-corrected chi connectivity index (χ0v) is 13.0. The predicted molar refractivity (Wildman–Crippen MR) is 77.6 cm³/mol. The maximum atomic E-state index is 12.3. The third-order valence-electron chi connectivity index (χ3n) is 3.51. The van der Waals surface area contributed by atoms with Crippen LogP contribution < -0.4 is 5.32 Å². The lowest BCUT2D eigenvalue weighted by Crippen LogP contribution is -2.46. The topological polar surface area (TPSA) is 69.6 Å². The molecule has 0 bridgehead atoms. The minimum absolute atomic E-state index is 0.0493. The van der Waals surface area contributed by atoms with Gasteiger partial charge in [0.25, 0.3) is 0 Å². The Morgan fingerprint density at radius 1 is 1.32 bits per heavy atom. The number of aliphatic hydroxyl groups is 1. The van der Waals surface area contributed by atoms with Crippen LogP contribution in [0.25, 0.3) is 0 Å². The third kappa shape index (κ3) is 5.77. The van der Waals surface area contributed by atoms with Gasteiger partial charge in [-0.2, -0.15) is 4.31 Å². The van der Waals surface area contributed by atoms with Crippen molar-refractivity contribution in [3.05, 3.63) is 0 Å². The van der Waals surface area contributed by atoms with E-state index in [2.05, 4.69) is 19.2 Å². The van der Waals surface area contributed by atoms with Gasteiger partial charge < -0.3 is 10.4 Å². The van der Waals surface area contributed by atoms with E-state index in [1.54, 1.807) is 4.31 Å². The van der Waals surface area contributed by atoms with Gasteiger partial charge in [0.1, 0.15) is 0 Å². The molecule has 0 aromatic carbocycles. The molecule has 2 N–H and O–H groups in total. The summed E-state index contributed by atoms with van der Waals surface area (Å²) in [6.07, 6.45) is 4.22. The molecule has 0 amide bonds. The highest BCUT2D eigenvalue weighted by atomic mass is 32.2. The van der Waals surface area contributed by atoms with Crippen molar-refractivity contribution in [2.24, 2.45) is 0 Å². The third-order valence-corrected chi connectivity index (χ3v) is 5.51. The lowest BCUT2D eigenvalue weighted by molar-refractivity contribution is 0.198. The quantitative estimate of drug-likeness (QED) is 0.588. The Kier molecular flexibility index (Phi) is 7.28. The first-order chi connectivity index (χ1) is 8.97. The maximum Gasteiger partial charge on any atom is 0.214 e. The summed E-state index contributed by atoms with van der Waals surface area (Å²) < 4.78 is 26.3. The van der Waals surface area contributed by atoms with Gasteiger partial charge in [-0.15, -0.1) is 0 Å². The lowest BCUT2D eigenvalue weighted by atomic mass is 9.93. The Bertz CT molecular complexity index is 340. The summed E-state index contributed by atoms with van der Waals surface area (Å²) in [5.74, 6) is 0.203. The number of sulfonamides is 1. The van der Waals surface area contributed by atoms with E-state index in [0.717, 1.165) is 25.8 Å². The molecule has 0 aliphatic heterocycles. The van der Waals surface area contributed by atoms with E-state index in [9.17, 15) is 8.42 Å². The van der Waals surface area contributed by atoms with Gasteiger partial charge in [-0.1, -0.05) is 20.3 Å². The van der Waals surface area contributed by atoms with Gasteiger partial charge in [0, 0.05) is 25.2 Å². The van der Waals surface area contributed by atoms with Gasteiger partial charge >= 0.3 is 0 Å². The second kappa shape index (κ2) is 8.19. The molecule has 1 aliphatic rings. The number of hydrogen-bond donors (Lipinski definition) is 2. The van der Waals surface area contributed by atoms with Crippen molar-refractivity contribution in [1.29, 1.82) is 0 Å². The van der Waals surface area contributed by atoms with Crippen LogP contribution in [-0.2, 0) is 10.0 Å². The molecular weight excluding hydrogens is 264 g/mol. The summed E-state index contributed by atoms with van der Waals surface area (Å²) in [6.45, 7) is 5.34. The highest BCUT2D eigenvalue weighted by Gasteiger charge is 2.32. The number of nitrogens with zero attached hydrogens (tertiary/aromatic N) is 1. The van der Waals surface area contributed by atoms with Crippen LogP contribution in [0.1, 0.15) is 46.0 Å². The SMILES string of the molecule is CC(C)NCCCS(=O)(=O)N(CCCO)C1CCC1. The molecular formula is C13H28N2O3S. The summed E-state index contributed by atoms with van der Waals surface area (Å²) in [5, 5.41) is 12.1. The van der Waals surface area contributed by atoms with Crippen molar-refractivity contribution in [2.45, 2.75) is 58.0 Å². The molecule has 0 atom stereocenters. The van der Waals surface area contributed by atoms with Gasteiger partial charge in [0.05, 0.1) is 5.75 Å². The van der Waals surface area contributed by atoms with Gasteiger partial charge in [0.15, 0.2) is 0 Å². The Hall–Kier alpha value is -0.170. The van der Waals surface area contributed by atoms with Crippen LogP contribution in [0.4, 0.5) is 0 Å². The summed E-state index contributed by atoms with van der Waals surface area (Å²) >= 11 is 0. The minimum atomic E-state index is -3.17. The fourth-order valence-corrected chi connectivity index (χ4v) is 4.03. The molecule has 114 valence electrons. The van der Waals surface area contributed by atoms with Crippen molar-refractivity contribution in [2.75, 3.05) is 25.4 Å². The first-order valence-corrected chi connectivity index (χ1v) is 8.92. The monoisotopic (exact) mass is 292 g/mol. The molecule has 0 unspecified atom stereocenters. The molecule has 0 spiro atoms. The molecule has 0 radical (unpaired) electrons. The summed E-state index contributed by atoms with van der Waals surface area (Å²) in [7, 11) is -3.17. The smallest absolute Gasteiger partial charge is 0.214 e. The number of rotatable bonds is 10. The van der Waals surface area contributed by atoms with Gasteiger partial charge in [0.2, 0.25) is 10.0 Å². The van der Waals surface area contributed by atoms with E-state index in [4.69, 9.17) is 5.11 Å². The fourth-order valence-electron chi connectivity index (χ4n) is 2.21. The minimum Gasteiger partial charge on any atom is -0.396 e. The molecule has 6 heteroatoms. The van der Waals surface area contributed by atoms with Crippen LogP contribution in [0.5, 0.6) is 0 Å². The zero-order valence-electron chi connectivity index (χ0n) is 12.1. The largest absolute Gasteiger partial charge is 0.396 e. The molecule has 0 aromatic rings. The van der Waals surface area contributed by atoms with Crippen LogP contribution in [0, 0.1) is 0 Å². The Morgan fingerprint density at radius 2 is 2.00 bits per heavy atom. The Balaban J connectivity index is 2.45. The van der Waals surface area contributed by atoms with Crippen LogP contribution in [-0.4, -0.2) is 55.4 Å². The normalized spacial score (nSPS) is 17.1. The first-order valence-electron chi connectivity index (χ1n) is 7.31. The number of nitrogens with one attached hydrogen (secondary N) is 1. The molecule has 0 heterocycles. The highest BCUT2D eigenvalue weighted by molar-refractivity contribution is 7.89. The fraction of sp³-hybridized carbons (Fsp3) is 1.00. The van der Waals surface area contributed by atoms with Gasteiger partial charge in [-0.05, 0) is 32.2 Å². The summed E-state index contributed by atoms with van der Waals surface area (Å²) in [6, 6.07) is 0.564.